The second-order valence-corrected chi connectivity index (χ2v) is 5.21. The molecule has 0 radical (unpaired) electrons. The highest BCUT2D eigenvalue weighted by Gasteiger charge is 2.41. The van der Waals surface area contributed by atoms with Crippen molar-refractivity contribution in [1.29, 1.82) is 0 Å². The average molecular weight is 200 g/mol. The number of halogens is 1. The van der Waals surface area contributed by atoms with E-state index in [1.165, 1.54) is 0 Å². The standard InChI is InChI=1S/C11H21FN2/c1-11(5-3-9(12)4-6-11)10-7-13-8-14(10)2/h9-10,13H,3-8H2,1-2H3. The molecule has 1 aliphatic heterocycles. The molecular weight excluding hydrogens is 179 g/mol. The predicted octanol–water partition coefficient (Wildman–Crippen LogP) is 1.77. The summed E-state index contributed by atoms with van der Waals surface area (Å²) in [5.41, 5.74) is 0.334. The molecule has 1 atom stereocenters. The lowest BCUT2D eigenvalue weighted by atomic mass is 9.70. The normalized spacial score (nSPS) is 45.6. The van der Waals surface area contributed by atoms with Gasteiger partial charge in [-0.3, -0.25) is 4.90 Å². The second kappa shape index (κ2) is 3.78. The molecule has 0 aromatic carbocycles. The molecule has 0 amide bonds. The van der Waals surface area contributed by atoms with Crippen LogP contribution in [0.5, 0.6) is 0 Å². The van der Waals surface area contributed by atoms with E-state index in [0.29, 0.717) is 11.5 Å². The highest BCUT2D eigenvalue weighted by Crippen LogP contribution is 2.42. The molecule has 3 heteroatoms. The molecule has 0 aromatic rings. The molecule has 82 valence electrons. The van der Waals surface area contributed by atoms with Gasteiger partial charge < -0.3 is 5.32 Å². The summed E-state index contributed by atoms with van der Waals surface area (Å²) < 4.78 is 13.1. The molecule has 0 bridgehead atoms. The zero-order valence-electron chi connectivity index (χ0n) is 9.22. The van der Waals surface area contributed by atoms with E-state index in [-0.39, 0.29) is 0 Å². The molecule has 14 heavy (non-hydrogen) atoms. The summed E-state index contributed by atoms with van der Waals surface area (Å²) in [6, 6.07) is 0.606. The maximum absolute atomic E-state index is 13.1. The number of alkyl halides is 1. The molecule has 2 rings (SSSR count). The van der Waals surface area contributed by atoms with Gasteiger partial charge in [0.05, 0.1) is 0 Å². The number of hydrogen-bond acceptors (Lipinski definition) is 2. The van der Waals surface area contributed by atoms with Crippen molar-refractivity contribution >= 4 is 0 Å². The Morgan fingerprint density at radius 2 is 2.00 bits per heavy atom. The van der Waals surface area contributed by atoms with Gasteiger partial charge in [0, 0.05) is 19.3 Å². The molecule has 1 unspecified atom stereocenters. The Balaban J connectivity index is 2.01. The monoisotopic (exact) mass is 200 g/mol. The first-order valence-corrected chi connectivity index (χ1v) is 5.67. The van der Waals surface area contributed by atoms with Crippen molar-refractivity contribution < 1.29 is 4.39 Å². The fraction of sp³-hybridized carbons (Fsp3) is 1.00. The molecule has 1 aliphatic carbocycles. The molecular formula is C11H21FN2. The predicted molar refractivity (Wildman–Crippen MR) is 55.9 cm³/mol. The van der Waals surface area contributed by atoms with Crippen molar-refractivity contribution in [2.45, 2.75) is 44.8 Å². The van der Waals surface area contributed by atoms with Crippen molar-refractivity contribution in [3.8, 4) is 0 Å². The average Bonchev–Trinajstić information content (AvgIpc) is 2.58. The smallest absolute Gasteiger partial charge is 0.100 e. The Morgan fingerprint density at radius 1 is 1.36 bits per heavy atom. The Bertz CT molecular complexity index is 199. The van der Waals surface area contributed by atoms with Crippen LogP contribution in [0.25, 0.3) is 0 Å². The zero-order chi connectivity index (χ0) is 10.2. The van der Waals surface area contributed by atoms with Crippen molar-refractivity contribution in [1.82, 2.24) is 10.2 Å². The fourth-order valence-corrected chi connectivity index (χ4v) is 3.00. The first kappa shape index (κ1) is 10.4. The quantitative estimate of drug-likeness (QED) is 0.694. The Morgan fingerprint density at radius 3 is 2.50 bits per heavy atom. The van der Waals surface area contributed by atoms with Gasteiger partial charge in [0.2, 0.25) is 0 Å². The van der Waals surface area contributed by atoms with Gasteiger partial charge >= 0.3 is 0 Å². The molecule has 1 heterocycles. The van der Waals surface area contributed by atoms with E-state index >= 15 is 0 Å². The number of nitrogens with zero attached hydrogens (tertiary/aromatic N) is 1. The van der Waals surface area contributed by atoms with Crippen molar-refractivity contribution in [3.05, 3.63) is 0 Å². The summed E-state index contributed by atoms with van der Waals surface area (Å²) in [6.45, 7) is 4.39. The van der Waals surface area contributed by atoms with Crippen molar-refractivity contribution in [3.63, 3.8) is 0 Å². The Labute approximate surface area is 85.9 Å². The zero-order valence-corrected chi connectivity index (χ0v) is 9.22. The van der Waals surface area contributed by atoms with Crippen LogP contribution in [0, 0.1) is 5.41 Å². The summed E-state index contributed by atoms with van der Waals surface area (Å²) >= 11 is 0. The lowest BCUT2D eigenvalue weighted by Gasteiger charge is -2.42. The topological polar surface area (TPSA) is 15.3 Å². The van der Waals surface area contributed by atoms with Gasteiger partial charge in [-0.2, -0.15) is 0 Å². The van der Waals surface area contributed by atoms with Gasteiger partial charge in [-0.05, 0) is 38.1 Å². The van der Waals surface area contributed by atoms with Crippen LogP contribution in [-0.2, 0) is 0 Å². The van der Waals surface area contributed by atoms with Crippen LogP contribution in [0.4, 0.5) is 4.39 Å². The van der Waals surface area contributed by atoms with Gasteiger partial charge in [0.1, 0.15) is 6.17 Å². The summed E-state index contributed by atoms with van der Waals surface area (Å²) in [4.78, 5) is 2.37. The van der Waals surface area contributed by atoms with Crippen LogP contribution in [0.1, 0.15) is 32.6 Å². The van der Waals surface area contributed by atoms with E-state index in [4.69, 9.17) is 0 Å². The molecule has 2 aliphatic rings. The van der Waals surface area contributed by atoms with Crippen LogP contribution in [0.3, 0.4) is 0 Å². The van der Waals surface area contributed by atoms with Crippen LogP contribution < -0.4 is 5.32 Å². The number of nitrogens with one attached hydrogen (secondary N) is 1. The van der Waals surface area contributed by atoms with Crippen molar-refractivity contribution in [2.75, 3.05) is 20.3 Å². The highest BCUT2D eigenvalue weighted by molar-refractivity contribution is 4.95. The SMILES string of the molecule is CN1CNCC1C1(C)CCC(F)CC1. The van der Waals surface area contributed by atoms with Crippen molar-refractivity contribution in [2.24, 2.45) is 5.41 Å². The number of rotatable bonds is 1. The van der Waals surface area contributed by atoms with E-state index in [0.717, 1.165) is 38.9 Å². The van der Waals surface area contributed by atoms with Crippen LogP contribution in [0.15, 0.2) is 0 Å². The van der Waals surface area contributed by atoms with E-state index < -0.39 is 6.17 Å². The van der Waals surface area contributed by atoms with Crippen LogP contribution in [-0.4, -0.2) is 37.4 Å². The molecule has 1 saturated heterocycles. The van der Waals surface area contributed by atoms with Gasteiger partial charge in [-0.1, -0.05) is 6.92 Å². The maximum atomic E-state index is 13.1. The summed E-state index contributed by atoms with van der Waals surface area (Å²) in [5, 5.41) is 3.39. The second-order valence-electron chi connectivity index (χ2n) is 5.21. The third-order valence-electron chi connectivity index (χ3n) is 4.09. The third kappa shape index (κ3) is 1.80. The minimum Gasteiger partial charge on any atom is -0.303 e. The van der Waals surface area contributed by atoms with E-state index in [9.17, 15) is 4.39 Å². The van der Waals surface area contributed by atoms with Crippen LogP contribution >= 0.6 is 0 Å². The summed E-state index contributed by atoms with van der Waals surface area (Å²) in [6.07, 6.45) is 3.08. The maximum Gasteiger partial charge on any atom is 0.100 e. The number of hydrogen-bond donors (Lipinski definition) is 1. The summed E-state index contributed by atoms with van der Waals surface area (Å²) in [5.74, 6) is 0. The lowest BCUT2D eigenvalue weighted by molar-refractivity contribution is 0.0637. The minimum absolute atomic E-state index is 0.334. The van der Waals surface area contributed by atoms with Gasteiger partial charge in [-0.25, -0.2) is 4.39 Å². The van der Waals surface area contributed by atoms with E-state index in [1.807, 2.05) is 0 Å². The van der Waals surface area contributed by atoms with Gasteiger partial charge in [0.15, 0.2) is 0 Å². The van der Waals surface area contributed by atoms with Gasteiger partial charge in [-0.15, -0.1) is 0 Å². The molecule has 1 N–H and O–H groups in total. The molecule has 2 nitrogen and oxygen atoms in total. The fourth-order valence-electron chi connectivity index (χ4n) is 3.00. The largest absolute Gasteiger partial charge is 0.303 e. The Hall–Kier alpha value is -0.150. The van der Waals surface area contributed by atoms with E-state index in [2.05, 4.69) is 24.2 Å². The van der Waals surface area contributed by atoms with E-state index in [1.54, 1.807) is 0 Å². The lowest BCUT2D eigenvalue weighted by Crippen LogP contribution is -2.44. The highest BCUT2D eigenvalue weighted by atomic mass is 19.1. The Kier molecular flexibility index (Phi) is 2.80. The summed E-state index contributed by atoms with van der Waals surface area (Å²) in [7, 11) is 2.16. The number of likely N-dealkylation sites (N-methyl/N-ethyl adjacent to an activating group) is 1. The van der Waals surface area contributed by atoms with Gasteiger partial charge in [0.25, 0.3) is 0 Å². The third-order valence-corrected chi connectivity index (χ3v) is 4.09. The minimum atomic E-state index is -0.539. The first-order chi connectivity index (χ1) is 6.62. The molecule has 0 spiro atoms. The molecule has 0 aromatic heterocycles. The molecule has 1 saturated carbocycles. The molecule has 2 fully saturated rings. The van der Waals surface area contributed by atoms with Crippen LogP contribution in [0.2, 0.25) is 0 Å². The first-order valence-electron chi connectivity index (χ1n) is 5.67.